The van der Waals surface area contributed by atoms with Crippen molar-refractivity contribution < 1.29 is 14.3 Å². The second-order valence-corrected chi connectivity index (χ2v) is 6.11. The molecule has 134 valence electrons. The first kappa shape index (κ1) is 17.7. The lowest BCUT2D eigenvalue weighted by molar-refractivity contribution is 0.101. The minimum absolute atomic E-state index is 0.0680. The van der Waals surface area contributed by atoms with Crippen LogP contribution < -0.4 is 9.47 Å². The molecule has 0 aliphatic rings. The molecule has 0 amide bonds. The Balaban J connectivity index is 2.15. The number of hydrogen-bond donors (Lipinski definition) is 1. The highest BCUT2D eigenvalue weighted by molar-refractivity contribution is 5.98. The number of Topliss-reactive ketones (excluding diaryl/α,β-unsaturated/α-hetero) is 1. The molecule has 0 bridgehead atoms. The maximum atomic E-state index is 11.9. The Bertz CT molecular complexity index is 976. The average molecular weight is 351 g/mol. The van der Waals surface area contributed by atoms with Crippen molar-refractivity contribution in [1.82, 2.24) is 15.4 Å². The van der Waals surface area contributed by atoms with Crippen LogP contribution in [0.15, 0.2) is 30.3 Å². The van der Waals surface area contributed by atoms with Gasteiger partial charge < -0.3 is 9.47 Å². The zero-order valence-electron chi connectivity index (χ0n) is 15.5. The number of carbonyl (C=O) groups is 1. The van der Waals surface area contributed by atoms with E-state index in [2.05, 4.69) is 21.5 Å². The normalized spacial score (nSPS) is 10.7. The first-order valence-electron chi connectivity index (χ1n) is 8.22. The Morgan fingerprint density at radius 1 is 0.923 bits per heavy atom. The van der Waals surface area contributed by atoms with Gasteiger partial charge in [-0.25, -0.2) is 0 Å². The Kier molecular flexibility index (Phi) is 4.75. The fourth-order valence-corrected chi connectivity index (χ4v) is 2.94. The number of methoxy groups -OCH3 is 2. The first-order valence-corrected chi connectivity index (χ1v) is 8.22. The first-order chi connectivity index (χ1) is 12.5. The van der Waals surface area contributed by atoms with Crippen LogP contribution in [0.5, 0.6) is 11.5 Å². The van der Waals surface area contributed by atoms with Gasteiger partial charge in [-0.2, -0.15) is 15.4 Å². The summed E-state index contributed by atoms with van der Waals surface area (Å²) in [5.41, 5.74) is 5.76. The number of aromatic amines is 1. The molecular formula is C20H21N3O3. The predicted octanol–water partition coefficient (Wildman–Crippen LogP) is 3.98. The molecule has 0 unspecified atom stereocenters. The zero-order chi connectivity index (χ0) is 18.8. The van der Waals surface area contributed by atoms with E-state index in [9.17, 15) is 4.79 Å². The van der Waals surface area contributed by atoms with E-state index in [4.69, 9.17) is 9.47 Å². The highest BCUT2D eigenvalue weighted by atomic mass is 16.5. The molecule has 3 rings (SSSR count). The standard InChI is InChI=1S/C20H21N3O3/c1-11-8-15(10-18(26-5)12(11)2)20-19(21-23-22-20)14-6-7-17(25-4)16(9-14)13(3)24/h6-10H,1-5H3,(H,21,22,23). The quantitative estimate of drug-likeness (QED) is 0.704. The highest BCUT2D eigenvalue weighted by Gasteiger charge is 2.17. The van der Waals surface area contributed by atoms with E-state index in [1.54, 1.807) is 26.4 Å². The topological polar surface area (TPSA) is 77.1 Å². The summed E-state index contributed by atoms with van der Waals surface area (Å²) in [6.45, 7) is 5.56. The maximum Gasteiger partial charge on any atom is 0.163 e. The molecule has 6 heteroatoms. The van der Waals surface area contributed by atoms with Gasteiger partial charge in [0.15, 0.2) is 5.78 Å². The van der Waals surface area contributed by atoms with E-state index in [1.165, 1.54) is 6.92 Å². The minimum Gasteiger partial charge on any atom is -0.496 e. The molecule has 0 saturated heterocycles. The summed E-state index contributed by atoms with van der Waals surface area (Å²) in [6, 6.07) is 9.41. The number of ketones is 1. The number of nitrogens with zero attached hydrogens (tertiary/aromatic N) is 2. The van der Waals surface area contributed by atoms with Crippen LogP contribution >= 0.6 is 0 Å². The lowest BCUT2D eigenvalue weighted by Gasteiger charge is -2.11. The summed E-state index contributed by atoms with van der Waals surface area (Å²) in [7, 11) is 3.20. The lowest BCUT2D eigenvalue weighted by Crippen LogP contribution is -1.98. The van der Waals surface area contributed by atoms with Gasteiger partial charge in [-0.15, -0.1) is 0 Å². The van der Waals surface area contributed by atoms with Crippen LogP contribution in [-0.2, 0) is 0 Å². The highest BCUT2D eigenvalue weighted by Crippen LogP contribution is 2.35. The number of nitrogens with one attached hydrogen (secondary N) is 1. The smallest absolute Gasteiger partial charge is 0.163 e. The van der Waals surface area contributed by atoms with Gasteiger partial charge in [0.2, 0.25) is 0 Å². The Morgan fingerprint density at radius 2 is 1.58 bits per heavy atom. The van der Waals surface area contributed by atoms with E-state index in [1.807, 2.05) is 26.0 Å². The van der Waals surface area contributed by atoms with E-state index in [0.29, 0.717) is 22.7 Å². The molecular weight excluding hydrogens is 330 g/mol. The molecule has 1 N–H and O–H groups in total. The average Bonchev–Trinajstić information content (AvgIpc) is 3.13. The molecule has 2 aromatic carbocycles. The zero-order valence-corrected chi connectivity index (χ0v) is 15.5. The monoisotopic (exact) mass is 351 g/mol. The molecule has 1 aromatic heterocycles. The van der Waals surface area contributed by atoms with Gasteiger partial charge in [-0.3, -0.25) is 4.79 Å². The maximum absolute atomic E-state index is 11.9. The number of hydrogen-bond acceptors (Lipinski definition) is 5. The summed E-state index contributed by atoms with van der Waals surface area (Å²) < 4.78 is 10.7. The van der Waals surface area contributed by atoms with Crippen molar-refractivity contribution in [2.45, 2.75) is 20.8 Å². The molecule has 0 atom stereocenters. The molecule has 3 aromatic rings. The van der Waals surface area contributed by atoms with Crippen LogP contribution in [0.25, 0.3) is 22.5 Å². The molecule has 26 heavy (non-hydrogen) atoms. The van der Waals surface area contributed by atoms with Gasteiger partial charge in [-0.1, -0.05) is 0 Å². The summed E-state index contributed by atoms with van der Waals surface area (Å²) in [6.07, 6.45) is 0. The molecule has 0 radical (unpaired) electrons. The summed E-state index contributed by atoms with van der Waals surface area (Å²) in [5, 5.41) is 11.3. The number of aryl methyl sites for hydroxylation is 1. The van der Waals surface area contributed by atoms with Crippen molar-refractivity contribution in [2.24, 2.45) is 0 Å². The molecule has 0 fully saturated rings. The summed E-state index contributed by atoms with van der Waals surface area (Å²) >= 11 is 0. The predicted molar refractivity (Wildman–Crippen MR) is 99.8 cm³/mol. The van der Waals surface area contributed by atoms with Gasteiger partial charge in [0, 0.05) is 11.1 Å². The van der Waals surface area contributed by atoms with Crippen molar-refractivity contribution in [1.29, 1.82) is 0 Å². The molecule has 0 aliphatic carbocycles. The van der Waals surface area contributed by atoms with Crippen molar-refractivity contribution in [3.8, 4) is 34.0 Å². The van der Waals surface area contributed by atoms with Crippen molar-refractivity contribution in [3.63, 3.8) is 0 Å². The number of benzene rings is 2. The Hall–Kier alpha value is -3.15. The fourth-order valence-electron chi connectivity index (χ4n) is 2.94. The third-order valence-corrected chi connectivity index (χ3v) is 4.51. The van der Waals surface area contributed by atoms with E-state index in [0.717, 1.165) is 28.0 Å². The van der Waals surface area contributed by atoms with E-state index in [-0.39, 0.29) is 5.78 Å². The number of rotatable bonds is 5. The fraction of sp³-hybridized carbons (Fsp3) is 0.250. The third-order valence-electron chi connectivity index (χ3n) is 4.51. The molecule has 0 saturated carbocycles. The number of H-pyrrole nitrogens is 1. The van der Waals surface area contributed by atoms with Gasteiger partial charge in [0.05, 0.1) is 19.8 Å². The van der Waals surface area contributed by atoms with E-state index < -0.39 is 0 Å². The summed E-state index contributed by atoms with van der Waals surface area (Å²) in [5.74, 6) is 1.27. The second kappa shape index (κ2) is 7.00. The SMILES string of the molecule is COc1ccc(-c2n[nH]nc2-c2cc(C)c(C)c(OC)c2)cc1C(C)=O. The molecule has 0 spiro atoms. The largest absolute Gasteiger partial charge is 0.496 e. The van der Waals surface area contributed by atoms with Crippen molar-refractivity contribution >= 4 is 5.78 Å². The van der Waals surface area contributed by atoms with Crippen LogP contribution in [0.3, 0.4) is 0 Å². The summed E-state index contributed by atoms with van der Waals surface area (Å²) in [4.78, 5) is 11.9. The Labute approximate surface area is 152 Å². The Morgan fingerprint density at radius 3 is 2.19 bits per heavy atom. The lowest BCUT2D eigenvalue weighted by atomic mass is 9.98. The molecule has 0 aliphatic heterocycles. The number of aromatic nitrogens is 3. The van der Waals surface area contributed by atoms with Crippen LogP contribution in [0.1, 0.15) is 28.4 Å². The third kappa shape index (κ3) is 3.06. The van der Waals surface area contributed by atoms with Crippen molar-refractivity contribution in [3.05, 3.63) is 47.0 Å². The van der Waals surface area contributed by atoms with Gasteiger partial charge in [0.25, 0.3) is 0 Å². The van der Waals surface area contributed by atoms with Crippen molar-refractivity contribution in [2.75, 3.05) is 14.2 Å². The number of carbonyl (C=O) groups excluding carboxylic acids is 1. The molecule has 6 nitrogen and oxygen atoms in total. The van der Waals surface area contributed by atoms with Crippen LogP contribution in [0.4, 0.5) is 0 Å². The van der Waals surface area contributed by atoms with Gasteiger partial charge in [-0.05, 0) is 62.2 Å². The second-order valence-electron chi connectivity index (χ2n) is 6.11. The van der Waals surface area contributed by atoms with Gasteiger partial charge >= 0.3 is 0 Å². The van der Waals surface area contributed by atoms with E-state index >= 15 is 0 Å². The minimum atomic E-state index is -0.0680. The molecule has 1 heterocycles. The van der Waals surface area contributed by atoms with Crippen LogP contribution in [0, 0.1) is 13.8 Å². The van der Waals surface area contributed by atoms with Crippen LogP contribution in [0.2, 0.25) is 0 Å². The van der Waals surface area contributed by atoms with Crippen LogP contribution in [-0.4, -0.2) is 35.4 Å². The number of ether oxygens (including phenoxy) is 2. The van der Waals surface area contributed by atoms with Gasteiger partial charge in [0.1, 0.15) is 22.9 Å².